The first-order valence-corrected chi connectivity index (χ1v) is 11.3. The van der Waals surface area contributed by atoms with Crippen molar-refractivity contribution in [2.75, 3.05) is 0 Å². The van der Waals surface area contributed by atoms with Crippen molar-refractivity contribution >= 4 is 11.6 Å². The van der Waals surface area contributed by atoms with Gasteiger partial charge in [0.05, 0.1) is 13.2 Å². The van der Waals surface area contributed by atoms with Crippen LogP contribution in [0.15, 0.2) is 36.4 Å². The molecule has 3 rings (SSSR count). The highest BCUT2D eigenvalue weighted by Gasteiger charge is 2.37. The molecule has 0 bridgehead atoms. The first-order valence-electron chi connectivity index (χ1n) is 11.3. The molecule has 2 aromatic rings. The zero-order valence-electron chi connectivity index (χ0n) is 19.5. The molecule has 0 amide bonds. The Balaban J connectivity index is 1.62. The van der Waals surface area contributed by atoms with Gasteiger partial charge >= 0.3 is 0 Å². The van der Waals surface area contributed by atoms with Gasteiger partial charge < -0.3 is 14.9 Å². The minimum atomic E-state index is -1.40. The van der Waals surface area contributed by atoms with E-state index in [-0.39, 0.29) is 11.6 Å². The minimum Gasteiger partial charge on any atom is -0.382 e. The Labute approximate surface area is 190 Å². The summed E-state index contributed by atoms with van der Waals surface area (Å²) in [6.45, 7) is 7.62. The number of aliphatic hydroxyl groups is 2. The summed E-state index contributed by atoms with van der Waals surface area (Å²) >= 11 is 0. The van der Waals surface area contributed by atoms with Crippen LogP contribution in [-0.2, 0) is 18.0 Å². The lowest BCUT2D eigenvalue weighted by molar-refractivity contribution is 0.0116. The first kappa shape index (κ1) is 24.3. The van der Waals surface area contributed by atoms with Gasteiger partial charge in [-0.05, 0) is 74.9 Å². The van der Waals surface area contributed by atoms with Gasteiger partial charge in [0, 0.05) is 11.1 Å². The molecular weight excluding hydrogens is 404 g/mol. The van der Waals surface area contributed by atoms with Crippen LogP contribution in [0, 0.1) is 13.8 Å². The fraction of sp³-hybridized carbons (Fsp3) is 0.481. The largest absolute Gasteiger partial charge is 0.382 e. The number of hydrogen-bond acceptors (Lipinski definition) is 5. The summed E-state index contributed by atoms with van der Waals surface area (Å²) in [6, 6.07) is 10.9. The molecule has 5 nitrogen and oxygen atoms in total. The van der Waals surface area contributed by atoms with Crippen molar-refractivity contribution in [1.29, 1.82) is 0 Å². The second-order valence-electron chi connectivity index (χ2n) is 9.58. The highest BCUT2D eigenvalue weighted by molar-refractivity contribution is 6.02. The summed E-state index contributed by atoms with van der Waals surface area (Å²) in [5, 5.41) is 20.7. The van der Waals surface area contributed by atoms with E-state index >= 15 is 0 Å². The molecule has 1 aliphatic rings. The summed E-state index contributed by atoms with van der Waals surface area (Å²) in [4.78, 5) is 25.1. The lowest BCUT2D eigenvalue weighted by Crippen LogP contribution is -2.40. The molecule has 0 radical (unpaired) electrons. The summed E-state index contributed by atoms with van der Waals surface area (Å²) < 4.78 is 5.90. The van der Waals surface area contributed by atoms with Gasteiger partial charge in [-0.15, -0.1) is 0 Å². The van der Waals surface area contributed by atoms with E-state index in [2.05, 4.69) is 0 Å². The number of aryl methyl sites for hydroxylation is 2. The lowest BCUT2D eigenvalue weighted by Gasteiger charge is -2.30. The van der Waals surface area contributed by atoms with Gasteiger partial charge in [-0.1, -0.05) is 43.5 Å². The van der Waals surface area contributed by atoms with Gasteiger partial charge in [-0.3, -0.25) is 9.59 Å². The van der Waals surface area contributed by atoms with E-state index in [1.54, 1.807) is 18.2 Å². The van der Waals surface area contributed by atoms with Crippen molar-refractivity contribution in [3.63, 3.8) is 0 Å². The number of carbonyl (C=O) groups is 2. The Hall–Kier alpha value is -2.34. The van der Waals surface area contributed by atoms with Crippen LogP contribution in [0.1, 0.15) is 88.9 Å². The fourth-order valence-electron chi connectivity index (χ4n) is 4.25. The van der Waals surface area contributed by atoms with Crippen molar-refractivity contribution < 1.29 is 24.5 Å². The second kappa shape index (κ2) is 9.65. The molecule has 5 heteroatoms. The molecule has 0 aromatic heterocycles. The van der Waals surface area contributed by atoms with E-state index in [9.17, 15) is 19.8 Å². The number of rotatable bonds is 8. The van der Waals surface area contributed by atoms with Gasteiger partial charge in [0.15, 0.2) is 11.6 Å². The highest BCUT2D eigenvalue weighted by atomic mass is 16.5. The molecule has 0 unspecified atom stereocenters. The molecule has 1 aliphatic carbocycles. The smallest absolute Gasteiger partial charge is 0.194 e. The van der Waals surface area contributed by atoms with E-state index in [1.165, 1.54) is 13.8 Å². The standard InChI is InChI=1S/C27H34O5/c1-18-14-20(24(28)26(3,4)30)8-10-22(18)16-32-17-23-11-9-21(15-19(23)2)25(29)27(31)12-6-5-7-13-27/h8-11,14-15,30-31H,5-7,12-13,16-17H2,1-4H3. The van der Waals surface area contributed by atoms with Crippen LogP contribution in [0.5, 0.6) is 0 Å². The number of benzene rings is 2. The predicted octanol–water partition coefficient (Wildman–Crippen LogP) is 4.85. The molecule has 32 heavy (non-hydrogen) atoms. The molecular formula is C27H34O5. The van der Waals surface area contributed by atoms with Gasteiger partial charge in [0.25, 0.3) is 0 Å². The number of ether oxygens (including phenoxy) is 1. The zero-order valence-corrected chi connectivity index (χ0v) is 19.5. The van der Waals surface area contributed by atoms with E-state index in [1.807, 2.05) is 32.0 Å². The third-order valence-corrected chi connectivity index (χ3v) is 6.38. The highest BCUT2D eigenvalue weighted by Crippen LogP contribution is 2.31. The van der Waals surface area contributed by atoms with Crippen molar-refractivity contribution in [2.24, 2.45) is 0 Å². The Bertz CT molecular complexity index is 994. The monoisotopic (exact) mass is 438 g/mol. The summed E-state index contributed by atoms with van der Waals surface area (Å²) in [7, 11) is 0. The van der Waals surface area contributed by atoms with Crippen LogP contribution in [0.2, 0.25) is 0 Å². The predicted molar refractivity (Wildman–Crippen MR) is 124 cm³/mol. The Kier molecular flexibility index (Phi) is 7.33. The molecule has 0 spiro atoms. The molecule has 0 atom stereocenters. The Morgan fingerprint density at radius 1 is 0.906 bits per heavy atom. The van der Waals surface area contributed by atoms with Crippen molar-refractivity contribution in [3.8, 4) is 0 Å². The van der Waals surface area contributed by atoms with E-state index in [4.69, 9.17) is 4.74 Å². The van der Waals surface area contributed by atoms with Gasteiger partial charge in [-0.25, -0.2) is 0 Å². The third kappa shape index (κ3) is 5.52. The van der Waals surface area contributed by atoms with Crippen LogP contribution in [0.4, 0.5) is 0 Å². The summed E-state index contributed by atoms with van der Waals surface area (Å²) in [5.41, 5.74) is 2.26. The fourth-order valence-corrected chi connectivity index (χ4v) is 4.25. The van der Waals surface area contributed by atoms with Crippen LogP contribution in [0.3, 0.4) is 0 Å². The Morgan fingerprint density at radius 3 is 1.91 bits per heavy atom. The van der Waals surface area contributed by atoms with Crippen LogP contribution in [0.25, 0.3) is 0 Å². The van der Waals surface area contributed by atoms with Gasteiger partial charge in [-0.2, -0.15) is 0 Å². The quantitative estimate of drug-likeness (QED) is 0.576. The number of ketones is 2. The zero-order chi connectivity index (χ0) is 23.5. The van der Waals surface area contributed by atoms with Crippen molar-refractivity contribution in [2.45, 2.75) is 84.2 Å². The van der Waals surface area contributed by atoms with Crippen molar-refractivity contribution in [1.82, 2.24) is 0 Å². The molecule has 0 aliphatic heterocycles. The van der Waals surface area contributed by atoms with Crippen molar-refractivity contribution in [3.05, 3.63) is 69.8 Å². The maximum Gasteiger partial charge on any atom is 0.194 e. The molecule has 1 saturated carbocycles. The minimum absolute atomic E-state index is 0.177. The van der Waals surface area contributed by atoms with E-state index in [0.717, 1.165) is 41.5 Å². The maximum absolute atomic E-state index is 12.8. The van der Waals surface area contributed by atoms with Crippen LogP contribution in [-0.4, -0.2) is 33.0 Å². The van der Waals surface area contributed by atoms with Crippen LogP contribution < -0.4 is 0 Å². The van der Waals surface area contributed by atoms with E-state index in [0.29, 0.717) is 37.2 Å². The van der Waals surface area contributed by atoms with Crippen LogP contribution >= 0.6 is 0 Å². The number of carbonyl (C=O) groups excluding carboxylic acids is 2. The molecule has 1 fully saturated rings. The first-order chi connectivity index (χ1) is 15.0. The normalized spacial score (nSPS) is 16.1. The Morgan fingerprint density at radius 2 is 1.41 bits per heavy atom. The second-order valence-corrected chi connectivity index (χ2v) is 9.58. The van der Waals surface area contributed by atoms with E-state index < -0.39 is 11.2 Å². The number of Topliss-reactive ketones (excluding diaryl/α,β-unsaturated/α-hetero) is 2. The molecule has 2 N–H and O–H groups in total. The third-order valence-electron chi connectivity index (χ3n) is 6.38. The summed E-state index contributed by atoms with van der Waals surface area (Å²) in [6.07, 6.45) is 3.92. The average molecular weight is 439 g/mol. The maximum atomic E-state index is 12.8. The topological polar surface area (TPSA) is 83.8 Å². The summed E-state index contributed by atoms with van der Waals surface area (Å²) in [5.74, 6) is -0.486. The average Bonchev–Trinajstić information content (AvgIpc) is 2.74. The molecule has 0 saturated heterocycles. The van der Waals surface area contributed by atoms with Gasteiger partial charge in [0.1, 0.15) is 11.2 Å². The number of hydrogen-bond donors (Lipinski definition) is 2. The SMILES string of the molecule is Cc1cc(C(=O)C(C)(C)O)ccc1COCc1ccc(C(=O)C2(O)CCCCC2)cc1C. The molecule has 172 valence electrons. The lowest BCUT2D eigenvalue weighted by atomic mass is 9.79. The van der Waals surface area contributed by atoms with Gasteiger partial charge in [0.2, 0.25) is 0 Å². The molecule has 0 heterocycles. The molecule has 2 aromatic carbocycles.